The van der Waals surface area contributed by atoms with E-state index in [2.05, 4.69) is 14.7 Å². The molecule has 2 aromatic heterocycles. The van der Waals surface area contributed by atoms with Gasteiger partial charge in [0.15, 0.2) is 5.75 Å². The Hall–Kier alpha value is -2.35. The first-order chi connectivity index (χ1) is 12.3. The molecule has 0 radical (unpaired) electrons. The Morgan fingerprint density at radius 1 is 1.04 bits per heavy atom. The Balaban J connectivity index is 1.95. The van der Waals surface area contributed by atoms with E-state index in [1.54, 1.807) is 25.3 Å². The van der Waals surface area contributed by atoms with Crippen molar-refractivity contribution in [2.45, 2.75) is 11.8 Å². The van der Waals surface area contributed by atoms with Gasteiger partial charge in [0, 0.05) is 17.4 Å². The van der Waals surface area contributed by atoms with Crippen LogP contribution in [0.2, 0.25) is 10.0 Å². The molecule has 134 valence electrons. The largest absolute Gasteiger partial charge is 0.435 e. The summed E-state index contributed by atoms with van der Waals surface area (Å²) < 4.78 is 33.4. The highest BCUT2D eigenvalue weighted by Gasteiger charge is 2.18. The molecular formula is C17H13Cl2N3O3S. The Morgan fingerprint density at radius 2 is 1.77 bits per heavy atom. The summed E-state index contributed by atoms with van der Waals surface area (Å²) in [5.74, 6) is 0.511. The zero-order chi connectivity index (χ0) is 18.7. The maximum atomic E-state index is 12.6. The fourth-order valence-electron chi connectivity index (χ4n) is 2.08. The van der Waals surface area contributed by atoms with E-state index in [9.17, 15) is 8.42 Å². The highest BCUT2D eigenvalue weighted by Crippen LogP contribution is 2.32. The van der Waals surface area contributed by atoms with Crippen LogP contribution in [0.3, 0.4) is 0 Å². The number of aromatic nitrogens is 2. The molecule has 0 bridgehead atoms. The first-order valence-corrected chi connectivity index (χ1v) is 9.62. The lowest BCUT2D eigenvalue weighted by Crippen LogP contribution is -2.14. The molecule has 6 nitrogen and oxygen atoms in total. The molecule has 3 aromatic rings. The van der Waals surface area contributed by atoms with Gasteiger partial charge in [0.2, 0.25) is 5.88 Å². The van der Waals surface area contributed by atoms with Gasteiger partial charge in [0.1, 0.15) is 5.69 Å². The number of ether oxygens (including phenoxy) is 1. The molecule has 0 spiro atoms. The zero-order valence-electron chi connectivity index (χ0n) is 13.5. The third-order valence-corrected chi connectivity index (χ3v) is 5.19. The topological polar surface area (TPSA) is 81.2 Å². The van der Waals surface area contributed by atoms with Gasteiger partial charge in [-0.2, -0.15) is 0 Å². The second-order valence-electron chi connectivity index (χ2n) is 5.25. The van der Waals surface area contributed by atoms with Gasteiger partial charge >= 0.3 is 0 Å². The number of rotatable bonds is 5. The zero-order valence-corrected chi connectivity index (χ0v) is 15.8. The van der Waals surface area contributed by atoms with Crippen LogP contribution in [0, 0.1) is 6.92 Å². The van der Waals surface area contributed by atoms with E-state index in [-0.39, 0.29) is 21.5 Å². The molecule has 26 heavy (non-hydrogen) atoms. The lowest BCUT2D eigenvalue weighted by molar-refractivity contribution is 0.459. The SMILES string of the molecule is Cc1ncccc1Oc1ncc(Cl)cc1NS(=O)(=O)c1ccc(Cl)cc1. The van der Waals surface area contributed by atoms with E-state index >= 15 is 0 Å². The van der Waals surface area contributed by atoms with Gasteiger partial charge in [-0.1, -0.05) is 23.2 Å². The van der Waals surface area contributed by atoms with E-state index in [0.29, 0.717) is 16.5 Å². The number of hydrogen-bond donors (Lipinski definition) is 1. The van der Waals surface area contributed by atoms with Crippen LogP contribution in [0.4, 0.5) is 5.69 Å². The minimum absolute atomic E-state index is 0.0467. The van der Waals surface area contributed by atoms with Gasteiger partial charge < -0.3 is 4.74 Å². The summed E-state index contributed by atoms with van der Waals surface area (Å²) in [7, 11) is -3.87. The molecule has 9 heteroatoms. The Bertz CT molecular complexity index is 1040. The third kappa shape index (κ3) is 4.24. The molecule has 2 heterocycles. The van der Waals surface area contributed by atoms with E-state index in [1.807, 2.05) is 0 Å². The summed E-state index contributed by atoms with van der Waals surface area (Å²) in [6.45, 7) is 1.77. The molecule has 0 amide bonds. The van der Waals surface area contributed by atoms with Crippen LogP contribution in [-0.2, 0) is 10.0 Å². The van der Waals surface area contributed by atoms with E-state index in [4.69, 9.17) is 27.9 Å². The molecule has 0 unspecified atom stereocenters. The van der Waals surface area contributed by atoms with Crippen molar-refractivity contribution in [1.82, 2.24) is 9.97 Å². The highest BCUT2D eigenvalue weighted by molar-refractivity contribution is 7.92. The lowest BCUT2D eigenvalue weighted by Gasteiger charge is -2.13. The van der Waals surface area contributed by atoms with E-state index < -0.39 is 10.0 Å². The number of aryl methyl sites for hydroxylation is 1. The summed E-state index contributed by atoms with van der Waals surface area (Å²) in [5.41, 5.74) is 0.742. The van der Waals surface area contributed by atoms with Gasteiger partial charge in [-0.05, 0) is 49.4 Å². The molecule has 0 saturated heterocycles. The lowest BCUT2D eigenvalue weighted by atomic mass is 10.3. The first-order valence-electron chi connectivity index (χ1n) is 7.38. The van der Waals surface area contributed by atoms with Crippen LogP contribution in [0.5, 0.6) is 11.6 Å². The maximum absolute atomic E-state index is 12.6. The number of pyridine rings is 2. The Kier molecular flexibility index (Phi) is 5.31. The Labute approximate surface area is 160 Å². The predicted octanol–water partition coefficient (Wildman–Crippen LogP) is 4.68. The maximum Gasteiger partial charge on any atom is 0.262 e. The number of nitrogens with zero attached hydrogens (tertiary/aromatic N) is 2. The quantitative estimate of drug-likeness (QED) is 0.660. The van der Waals surface area contributed by atoms with Gasteiger partial charge in [-0.15, -0.1) is 0 Å². The normalized spacial score (nSPS) is 11.2. The second-order valence-corrected chi connectivity index (χ2v) is 7.81. The Morgan fingerprint density at radius 3 is 2.46 bits per heavy atom. The highest BCUT2D eigenvalue weighted by atomic mass is 35.5. The van der Waals surface area contributed by atoms with Crippen molar-refractivity contribution in [1.29, 1.82) is 0 Å². The summed E-state index contributed by atoms with van der Waals surface area (Å²) >= 11 is 11.8. The van der Waals surface area contributed by atoms with Gasteiger partial charge in [-0.25, -0.2) is 13.4 Å². The molecule has 1 aromatic carbocycles. The van der Waals surface area contributed by atoms with Crippen LogP contribution >= 0.6 is 23.2 Å². The van der Waals surface area contributed by atoms with Crippen LogP contribution in [0.25, 0.3) is 0 Å². The van der Waals surface area contributed by atoms with Crippen LogP contribution in [-0.4, -0.2) is 18.4 Å². The molecule has 3 rings (SSSR count). The van der Waals surface area contributed by atoms with E-state index in [0.717, 1.165) is 0 Å². The van der Waals surface area contributed by atoms with Gasteiger partial charge in [-0.3, -0.25) is 9.71 Å². The van der Waals surface area contributed by atoms with Crippen LogP contribution in [0.1, 0.15) is 5.69 Å². The molecule has 0 aliphatic carbocycles. The predicted molar refractivity (Wildman–Crippen MR) is 101 cm³/mol. The van der Waals surface area contributed by atoms with Crippen molar-refractivity contribution in [3.63, 3.8) is 0 Å². The van der Waals surface area contributed by atoms with Crippen molar-refractivity contribution in [3.05, 3.63) is 70.6 Å². The standard InChI is InChI=1S/C17H13Cl2N3O3S/c1-11-16(3-2-8-20-11)25-17-15(9-13(19)10-21-17)22-26(23,24)14-6-4-12(18)5-7-14/h2-10,22H,1H3. The third-order valence-electron chi connectivity index (χ3n) is 3.35. The van der Waals surface area contributed by atoms with Gasteiger partial charge in [0.05, 0.1) is 15.6 Å². The van der Waals surface area contributed by atoms with Gasteiger partial charge in [0.25, 0.3) is 10.0 Å². The average Bonchev–Trinajstić information content (AvgIpc) is 2.59. The molecule has 0 saturated carbocycles. The minimum atomic E-state index is -3.87. The van der Waals surface area contributed by atoms with Crippen molar-refractivity contribution in [2.75, 3.05) is 4.72 Å². The second kappa shape index (κ2) is 7.49. The number of anilines is 1. The van der Waals surface area contributed by atoms with E-state index in [1.165, 1.54) is 36.5 Å². The first kappa shape index (κ1) is 18.4. The van der Waals surface area contributed by atoms with Crippen LogP contribution in [0.15, 0.2) is 59.8 Å². The number of hydrogen-bond acceptors (Lipinski definition) is 5. The number of benzene rings is 1. The fraction of sp³-hybridized carbons (Fsp3) is 0.0588. The molecule has 1 N–H and O–H groups in total. The molecule has 0 atom stereocenters. The molecule has 0 fully saturated rings. The smallest absolute Gasteiger partial charge is 0.262 e. The summed E-state index contributed by atoms with van der Waals surface area (Å²) in [4.78, 5) is 8.25. The van der Waals surface area contributed by atoms with Crippen molar-refractivity contribution in [2.24, 2.45) is 0 Å². The average molecular weight is 410 g/mol. The summed E-state index contributed by atoms with van der Waals surface area (Å²) in [6.07, 6.45) is 2.99. The molecule has 0 aliphatic heterocycles. The van der Waals surface area contributed by atoms with Crippen molar-refractivity contribution >= 4 is 38.9 Å². The fourth-order valence-corrected chi connectivity index (χ4v) is 3.41. The van der Waals surface area contributed by atoms with Crippen molar-refractivity contribution < 1.29 is 13.2 Å². The molecular weight excluding hydrogens is 397 g/mol. The number of sulfonamides is 1. The molecule has 0 aliphatic rings. The van der Waals surface area contributed by atoms with Crippen molar-refractivity contribution in [3.8, 4) is 11.6 Å². The number of halogens is 2. The van der Waals surface area contributed by atoms with Crippen LogP contribution < -0.4 is 9.46 Å². The summed E-state index contributed by atoms with van der Waals surface area (Å²) in [5, 5.41) is 0.693. The minimum Gasteiger partial charge on any atom is -0.435 e. The summed E-state index contributed by atoms with van der Waals surface area (Å²) in [6, 6.07) is 10.6. The number of nitrogens with one attached hydrogen (secondary N) is 1. The monoisotopic (exact) mass is 409 g/mol.